The van der Waals surface area contributed by atoms with Crippen molar-refractivity contribution in [1.29, 1.82) is 0 Å². The Kier molecular flexibility index (Phi) is 2.76. The number of likely N-dealkylation sites (N-methyl/N-ethyl adjacent to an activating group) is 1. The third kappa shape index (κ3) is 1.86. The first kappa shape index (κ1) is 11.2. The van der Waals surface area contributed by atoms with Crippen LogP contribution >= 0.6 is 0 Å². The summed E-state index contributed by atoms with van der Waals surface area (Å²) < 4.78 is 0. The molecule has 1 saturated heterocycles. The third-order valence-corrected chi connectivity index (χ3v) is 3.50. The number of hydrogen-bond acceptors (Lipinski definition) is 3. The molecule has 94 valence electrons. The number of likely N-dealkylation sites (tertiary alicyclic amines) is 1. The normalized spacial score (nSPS) is 19.9. The number of aromatic amines is 1. The minimum Gasteiger partial charge on any atom is -0.346 e. The van der Waals surface area contributed by atoms with Gasteiger partial charge < -0.3 is 15.2 Å². The molecule has 0 spiro atoms. The van der Waals surface area contributed by atoms with Crippen LogP contribution in [0.2, 0.25) is 0 Å². The summed E-state index contributed by atoms with van der Waals surface area (Å²) in [5.41, 5.74) is 2.05. The highest BCUT2D eigenvalue weighted by molar-refractivity contribution is 5.84. The topological polar surface area (TPSA) is 61.0 Å². The van der Waals surface area contributed by atoms with Crippen LogP contribution in [-0.2, 0) is 11.3 Å². The molecule has 1 fully saturated rings. The zero-order valence-electron chi connectivity index (χ0n) is 10.3. The summed E-state index contributed by atoms with van der Waals surface area (Å²) in [5, 5.41) is 4.43. The molecule has 5 nitrogen and oxygen atoms in total. The summed E-state index contributed by atoms with van der Waals surface area (Å²) in [6, 6.07) is 3.92. The molecule has 3 rings (SSSR count). The molecule has 0 bridgehead atoms. The molecule has 0 radical (unpaired) electrons. The van der Waals surface area contributed by atoms with Crippen LogP contribution in [-0.4, -0.2) is 40.4 Å². The van der Waals surface area contributed by atoms with Gasteiger partial charge in [-0.2, -0.15) is 0 Å². The Bertz CT molecular complexity index is 577. The van der Waals surface area contributed by atoms with Crippen LogP contribution in [0.15, 0.2) is 24.5 Å². The van der Waals surface area contributed by atoms with Crippen LogP contribution in [0.5, 0.6) is 0 Å². The first-order valence-electron chi connectivity index (χ1n) is 6.15. The van der Waals surface area contributed by atoms with Gasteiger partial charge in [0.15, 0.2) is 0 Å². The van der Waals surface area contributed by atoms with E-state index in [9.17, 15) is 4.79 Å². The number of nitrogens with zero attached hydrogens (tertiary/aromatic N) is 2. The van der Waals surface area contributed by atoms with Gasteiger partial charge in [0.25, 0.3) is 0 Å². The Labute approximate surface area is 105 Å². The molecule has 2 aromatic heterocycles. The first-order valence-corrected chi connectivity index (χ1v) is 6.15. The van der Waals surface area contributed by atoms with Crippen LogP contribution in [0.3, 0.4) is 0 Å². The van der Waals surface area contributed by atoms with Crippen molar-refractivity contribution in [1.82, 2.24) is 20.2 Å². The van der Waals surface area contributed by atoms with E-state index in [4.69, 9.17) is 0 Å². The molecule has 2 aromatic rings. The van der Waals surface area contributed by atoms with E-state index in [1.165, 1.54) is 0 Å². The smallest absolute Gasteiger partial charge is 0.239 e. The van der Waals surface area contributed by atoms with Crippen LogP contribution in [0.25, 0.3) is 11.0 Å². The van der Waals surface area contributed by atoms with Crippen LogP contribution in [0.1, 0.15) is 12.0 Å². The van der Waals surface area contributed by atoms with Crippen molar-refractivity contribution in [3.05, 3.63) is 30.1 Å². The molecule has 3 heterocycles. The highest BCUT2D eigenvalue weighted by Crippen LogP contribution is 2.16. The van der Waals surface area contributed by atoms with Gasteiger partial charge in [0.05, 0.1) is 6.04 Å². The van der Waals surface area contributed by atoms with Crippen molar-refractivity contribution in [2.45, 2.75) is 19.0 Å². The summed E-state index contributed by atoms with van der Waals surface area (Å²) in [6.07, 6.45) is 4.61. The van der Waals surface area contributed by atoms with Crippen molar-refractivity contribution in [3.8, 4) is 0 Å². The van der Waals surface area contributed by atoms with Crippen molar-refractivity contribution in [2.75, 3.05) is 13.6 Å². The maximum Gasteiger partial charge on any atom is 0.239 e. The van der Waals surface area contributed by atoms with Gasteiger partial charge in [0, 0.05) is 37.9 Å². The molecule has 1 aliphatic rings. The molecule has 0 aromatic carbocycles. The minimum absolute atomic E-state index is 0.0448. The fraction of sp³-hybridized carbons (Fsp3) is 0.385. The fourth-order valence-electron chi connectivity index (χ4n) is 2.40. The fourth-order valence-corrected chi connectivity index (χ4v) is 2.40. The summed E-state index contributed by atoms with van der Waals surface area (Å²) in [5.74, 6) is 0.188. The summed E-state index contributed by atoms with van der Waals surface area (Å²) in [4.78, 5) is 20.9. The van der Waals surface area contributed by atoms with Gasteiger partial charge in [0.2, 0.25) is 5.91 Å². The quantitative estimate of drug-likeness (QED) is 0.842. The zero-order valence-corrected chi connectivity index (χ0v) is 10.3. The van der Waals surface area contributed by atoms with Gasteiger partial charge in [-0.3, -0.25) is 4.79 Å². The van der Waals surface area contributed by atoms with Gasteiger partial charge in [-0.1, -0.05) is 0 Å². The molecule has 1 atom stereocenters. The highest BCUT2D eigenvalue weighted by Gasteiger charge is 2.28. The molecule has 2 N–H and O–H groups in total. The number of rotatable bonds is 3. The maximum atomic E-state index is 11.8. The number of aromatic nitrogens is 2. The molecule has 1 aliphatic heterocycles. The second-order valence-corrected chi connectivity index (χ2v) is 4.70. The van der Waals surface area contributed by atoms with E-state index in [1.807, 2.05) is 25.4 Å². The number of H-pyrrole nitrogens is 1. The molecule has 5 heteroatoms. The Morgan fingerprint density at radius 3 is 3.28 bits per heavy atom. The predicted molar refractivity (Wildman–Crippen MR) is 69.0 cm³/mol. The van der Waals surface area contributed by atoms with Gasteiger partial charge in [0.1, 0.15) is 5.65 Å². The lowest BCUT2D eigenvalue weighted by Gasteiger charge is -2.11. The largest absolute Gasteiger partial charge is 0.346 e. The van der Waals surface area contributed by atoms with Crippen LogP contribution < -0.4 is 5.32 Å². The van der Waals surface area contributed by atoms with Gasteiger partial charge >= 0.3 is 0 Å². The van der Waals surface area contributed by atoms with Gasteiger partial charge in [-0.15, -0.1) is 0 Å². The van der Waals surface area contributed by atoms with E-state index in [2.05, 4.69) is 15.3 Å². The molecular weight excluding hydrogens is 228 g/mol. The van der Waals surface area contributed by atoms with E-state index in [1.54, 1.807) is 11.1 Å². The Balaban J connectivity index is 1.72. The molecule has 0 aliphatic carbocycles. The monoisotopic (exact) mass is 244 g/mol. The Hall–Kier alpha value is -1.88. The van der Waals surface area contributed by atoms with E-state index in [-0.39, 0.29) is 11.9 Å². The predicted octanol–water partition coefficient (Wildman–Crippen LogP) is 0.883. The lowest BCUT2D eigenvalue weighted by atomic mass is 10.2. The lowest BCUT2D eigenvalue weighted by molar-refractivity contribution is -0.128. The number of carbonyl (C=O) groups excluding carboxylic acids is 1. The van der Waals surface area contributed by atoms with E-state index < -0.39 is 0 Å². The van der Waals surface area contributed by atoms with Gasteiger partial charge in [-0.25, -0.2) is 4.98 Å². The number of carbonyl (C=O) groups is 1. The Morgan fingerprint density at radius 2 is 2.50 bits per heavy atom. The molecule has 18 heavy (non-hydrogen) atoms. The number of pyridine rings is 1. The van der Waals surface area contributed by atoms with Crippen molar-refractivity contribution >= 4 is 16.9 Å². The summed E-state index contributed by atoms with van der Waals surface area (Å²) >= 11 is 0. The second-order valence-electron chi connectivity index (χ2n) is 4.70. The van der Waals surface area contributed by atoms with Crippen LogP contribution in [0.4, 0.5) is 0 Å². The average Bonchev–Trinajstić information content (AvgIpc) is 2.94. The Morgan fingerprint density at radius 1 is 1.61 bits per heavy atom. The SMILES string of the molecule is CN1CCC(NCc2c[nH]c3ncccc23)C1=O. The van der Waals surface area contributed by atoms with Crippen molar-refractivity contribution in [2.24, 2.45) is 0 Å². The summed E-state index contributed by atoms with van der Waals surface area (Å²) in [7, 11) is 1.85. The van der Waals surface area contributed by atoms with Crippen LogP contribution in [0, 0.1) is 0 Å². The molecule has 0 saturated carbocycles. The zero-order chi connectivity index (χ0) is 12.5. The van der Waals surface area contributed by atoms with E-state index >= 15 is 0 Å². The second kappa shape index (κ2) is 4.42. The number of nitrogens with one attached hydrogen (secondary N) is 2. The van der Waals surface area contributed by atoms with Gasteiger partial charge in [-0.05, 0) is 24.1 Å². The van der Waals surface area contributed by atoms with Crippen molar-refractivity contribution < 1.29 is 4.79 Å². The molecule has 1 unspecified atom stereocenters. The standard InChI is InChI=1S/C13H16N4O/c1-17-6-4-11(13(17)18)15-7-9-8-16-12-10(9)3-2-5-14-12/h2-3,5,8,11,15H,4,6-7H2,1H3,(H,14,16). The molecule has 1 amide bonds. The minimum atomic E-state index is -0.0448. The first-order chi connectivity index (χ1) is 8.75. The number of amides is 1. The average molecular weight is 244 g/mol. The number of fused-ring (bicyclic) bond motifs is 1. The van der Waals surface area contributed by atoms with Crippen molar-refractivity contribution in [3.63, 3.8) is 0 Å². The van der Waals surface area contributed by atoms with E-state index in [0.717, 1.165) is 29.6 Å². The molecular formula is C13H16N4O. The summed E-state index contributed by atoms with van der Waals surface area (Å²) in [6.45, 7) is 1.53. The lowest BCUT2D eigenvalue weighted by Crippen LogP contribution is -2.36. The van der Waals surface area contributed by atoms with E-state index in [0.29, 0.717) is 6.54 Å². The highest BCUT2D eigenvalue weighted by atomic mass is 16.2. The number of hydrogen-bond donors (Lipinski definition) is 2. The maximum absolute atomic E-state index is 11.8. The third-order valence-electron chi connectivity index (χ3n) is 3.50.